The van der Waals surface area contributed by atoms with Crippen LogP contribution in [0, 0.1) is 13.8 Å². The molecular weight excluding hydrogens is 414 g/mol. The number of aryl methyl sites for hydroxylation is 2. The maximum Gasteiger partial charge on any atom is 0.255 e. The summed E-state index contributed by atoms with van der Waals surface area (Å²) in [5.74, 6) is -0.351. The lowest BCUT2D eigenvalue weighted by atomic mass is 9.99. The van der Waals surface area contributed by atoms with Gasteiger partial charge in [0, 0.05) is 31.5 Å². The monoisotopic (exact) mass is 443 g/mol. The molecule has 4 rings (SSSR count). The Balaban J connectivity index is 1.55. The van der Waals surface area contributed by atoms with E-state index in [9.17, 15) is 14.4 Å². The molecule has 0 spiro atoms. The van der Waals surface area contributed by atoms with Gasteiger partial charge in [0.1, 0.15) is 6.54 Å². The van der Waals surface area contributed by atoms with E-state index in [0.29, 0.717) is 12.1 Å². The van der Waals surface area contributed by atoms with Gasteiger partial charge in [0.25, 0.3) is 11.5 Å². The molecule has 0 bridgehead atoms. The molecule has 3 aromatic rings. The minimum absolute atomic E-state index is 0.0167. The summed E-state index contributed by atoms with van der Waals surface area (Å²) in [4.78, 5) is 42.0. The van der Waals surface area contributed by atoms with Crippen molar-refractivity contribution in [1.82, 2.24) is 9.47 Å². The zero-order chi connectivity index (χ0) is 23.5. The summed E-state index contributed by atoms with van der Waals surface area (Å²) in [5.41, 5.74) is 4.43. The van der Waals surface area contributed by atoms with Gasteiger partial charge < -0.3 is 14.4 Å². The van der Waals surface area contributed by atoms with E-state index in [0.717, 1.165) is 24.1 Å². The molecule has 0 unspecified atom stereocenters. The maximum absolute atomic E-state index is 13.4. The lowest BCUT2D eigenvalue weighted by Gasteiger charge is -2.26. The molecule has 1 aliphatic rings. The fourth-order valence-electron chi connectivity index (χ4n) is 4.32. The molecule has 1 saturated heterocycles. The number of aromatic nitrogens is 1. The van der Waals surface area contributed by atoms with Crippen LogP contribution in [0.4, 0.5) is 5.69 Å². The van der Waals surface area contributed by atoms with Gasteiger partial charge in [-0.25, -0.2) is 0 Å². The Bertz CT molecular complexity index is 1230. The number of likely N-dealkylation sites (N-methyl/N-ethyl adjacent to an activating group) is 1. The summed E-state index contributed by atoms with van der Waals surface area (Å²) in [6.07, 6.45) is 3.36. The number of amides is 2. The van der Waals surface area contributed by atoms with E-state index < -0.39 is 0 Å². The maximum atomic E-state index is 13.4. The van der Waals surface area contributed by atoms with Gasteiger partial charge in [-0.05, 0) is 61.6 Å². The summed E-state index contributed by atoms with van der Waals surface area (Å²) >= 11 is 0. The van der Waals surface area contributed by atoms with Gasteiger partial charge in [0.15, 0.2) is 0 Å². The van der Waals surface area contributed by atoms with Crippen LogP contribution in [-0.2, 0) is 11.3 Å². The summed E-state index contributed by atoms with van der Waals surface area (Å²) in [7, 11) is 1.68. The highest BCUT2D eigenvalue weighted by molar-refractivity contribution is 5.95. The first kappa shape index (κ1) is 22.5. The quantitative estimate of drug-likeness (QED) is 0.596. The van der Waals surface area contributed by atoms with Gasteiger partial charge >= 0.3 is 0 Å². The van der Waals surface area contributed by atoms with Gasteiger partial charge in [-0.1, -0.05) is 36.4 Å². The van der Waals surface area contributed by atoms with Crippen LogP contribution in [0.25, 0.3) is 0 Å². The zero-order valence-electron chi connectivity index (χ0n) is 19.3. The van der Waals surface area contributed by atoms with E-state index in [1.54, 1.807) is 13.1 Å². The average molecular weight is 444 g/mol. The molecule has 0 saturated carbocycles. The largest absolute Gasteiger partial charge is 0.332 e. The second kappa shape index (κ2) is 9.45. The van der Waals surface area contributed by atoms with Crippen molar-refractivity contribution in [1.29, 1.82) is 0 Å². The highest BCUT2D eigenvalue weighted by Crippen LogP contribution is 2.33. The van der Waals surface area contributed by atoms with E-state index in [1.807, 2.05) is 35.2 Å². The topological polar surface area (TPSA) is 62.6 Å². The van der Waals surface area contributed by atoms with Crippen molar-refractivity contribution < 1.29 is 9.59 Å². The first-order chi connectivity index (χ1) is 15.8. The number of likely N-dealkylation sites (tertiary alicyclic amines) is 1. The van der Waals surface area contributed by atoms with Crippen molar-refractivity contribution in [3.8, 4) is 0 Å². The second-order valence-electron chi connectivity index (χ2n) is 8.67. The molecule has 0 N–H and O–H groups in total. The molecule has 6 heteroatoms. The van der Waals surface area contributed by atoms with Crippen LogP contribution in [0.15, 0.2) is 71.7 Å². The molecule has 0 aliphatic carbocycles. The highest BCUT2D eigenvalue weighted by Gasteiger charge is 2.31. The molecular formula is C27H29N3O3. The third-order valence-corrected chi connectivity index (χ3v) is 6.48. The van der Waals surface area contributed by atoms with Crippen LogP contribution >= 0.6 is 0 Å². The minimum atomic E-state index is -0.312. The average Bonchev–Trinajstić information content (AvgIpc) is 3.31. The predicted octanol–water partition coefficient (Wildman–Crippen LogP) is 4.11. The van der Waals surface area contributed by atoms with Crippen LogP contribution in [-0.4, -0.2) is 34.9 Å². The van der Waals surface area contributed by atoms with E-state index in [2.05, 4.69) is 32.0 Å². The number of hydrogen-bond donors (Lipinski definition) is 0. The van der Waals surface area contributed by atoms with Crippen LogP contribution in [0.2, 0.25) is 0 Å². The Morgan fingerprint density at radius 3 is 2.48 bits per heavy atom. The van der Waals surface area contributed by atoms with Crippen molar-refractivity contribution in [2.75, 3.05) is 18.5 Å². The third kappa shape index (κ3) is 4.75. The van der Waals surface area contributed by atoms with Gasteiger partial charge in [0.05, 0.1) is 11.6 Å². The third-order valence-electron chi connectivity index (χ3n) is 6.48. The van der Waals surface area contributed by atoms with Crippen molar-refractivity contribution in [2.45, 2.75) is 39.3 Å². The number of pyridine rings is 1. The van der Waals surface area contributed by atoms with Crippen molar-refractivity contribution >= 4 is 17.5 Å². The smallest absolute Gasteiger partial charge is 0.255 e. The Kier molecular flexibility index (Phi) is 6.45. The van der Waals surface area contributed by atoms with Gasteiger partial charge in [-0.3, -0.25) is 14.4 Å². The Morgan fingerprint density at radius 2 is 1.76 bits per heavy atom. The summed E-state index contributed by atoms with van der Waals surface area (Å²) < 4.78 is 1.32. The van der Waals surface area contributed by atoms with E-state index >= 15 is 0 Å². The number of rotatable bonds is 5. The van der Waals surface area contributed by atoms with E-state index in [4.69, 9.17) is 0 Å². The fraction of sp³-hybridized carbons (Fsp3) is 0.296. The Morgan fingerprint density at radius 1 is 1.00 bits per heavy atom. The van der Waals surface area contributed by atoms with Crippen LogP contribution < -0.4 is 10.5 Å². The molecule has 33 heavy (non-hydrogen) atoms. The molecule has 170 valence electrons. The van der Waals surface area contributed by atoms with Crippen molar-refractivity contribution in [3.05, 3.63) is 99.5 Å². The molecule has 2 aromatic carbocycles. The predicted molar refractivity (Wildman–Crippen MR) is 129 cm³/mol. The van der Waals surface area contributed by atoms with Crippen molar-refractivity contribution in [3.63, 3.8) is 0 Å². The van der Waals surface area contributed by atoms with Gasteiger partial charge in [0.2, 0.25) is 5.91 Å². The number of carbonyl (C=O) groups excluding carboxylic acids is 2. The number of carbonyl (C=O) groups is 2. The molecule has 1 aromatic heterocycles. The molecule has 0 radical (unpaired) electrons. The number of hydrogen-bond acceptors (Lipinski definition) is 3. The molecule has 1 aliphatic heterocycles. The molecule has 1 atom stereocenters. The minimum Gasteiger partial charge on any atom is -0.332 e. The summed E-state index contributed by atoms with van der Waals surface area (Å²) in [5, 5.41) is 0. The molecule has 2 amide bonds. The van der Waals surface area contributed by atoms with Gasteiger partial charge in [-0.2, -0.15) is 0 Å². The van der Waals surface area contributed by atoms with Gasteiger partial charge in [-0.15, -0.1) is 0 Å². The Hall–Kier alpha value is -3.67. The Labute approximate surface area is 194 Å². The first-order valence-corrected chi connectivity index (χ1v) is 11.3. The number of anilines is 1. The second-order valence-corrected chi connectivity index (χ2v) is 8.67. The lowest BCUT2D eigenvalue weighted by molar-refractivity contribution is -0.118. The number of nitrogens with zero attached hydrogens (tertiary/aromatic N) is 3. The van der Waals surface area contributed by atoms with Crippen LogP contribution in [0.5, 0.6) is 0 Å². The van der Waals surface area contributed by atoms with E-state index in [1.165, 1.54) is 32.9 Å². The number of para-hydroxylation sites is 1. The van der Waals surface area contributed by atoms with E-state index in [-0.39, 0.29) is 30.0 Å². The standard InChI is InChI=1S/C27H29N3O3/c1-19-11-12-21(16-20(19)2)24-10-7-15-30(24)27(33)22-13-14-25(31)29(17-22)18-26(32)28(3)23-8-5-4-6-9-23/h4-6,8-9,11-14,16-17,24H,7,10,15,18H2,1-3H3/t24-/m0/s1. The molecule has 2 heterocycles. The summed E-state index contributed by atoms with van der Waals surface area (Å²) in [6, 6.07) is 18.5. The lowest BCUT2D eigenvalue weighted by Crippen LogP contribution is -2.35. The normalized spacial score (nSPS) is 15.5. The van der Waals surface area contributed by atoms with Crippen LogP contribution in [0.1, 0.15) is 45.9 Å². The SMILES string of the molecule is Cc1ccc([C@@H]2CCCN2C(=O)c2ccc(=O)n(CC(=O)N(C)c3ccccc3)c2)cc1C. The fourth-order valence-corrected chi connectivity index (χ4v) is 4.32. The highest BCUT2D eigenvalue weighted by atomic mass is 16.2. The number of benzene rings is 2. The molecule has 6 nitrogen and oxygen atoms in total. The van der Waals surface area contributed by atoms with Crippen molar-refractivity contribution in [2.24, 2.45) is 0 Å². The molecule has 1 fully saturated rings. The summed E-state index contributed by atoms with van der Waals surface area (Å²) in [6.45, 7) is 4.70. The van der Waals surface area contributed by atoms with Crippen LogP contribution in [0.3, 0.4) is 0 Å². The first-order valence-electron chi connectivity index (χ1n) is 11.3. The zero-order valence-corrected chi connectivity index (χ0v) is 19.3.